The molecule has 0 saturated carbocycles. The summed E-state index contributed by atoms with van der Waals surface area (Å²) in [6, 6.07) is 0. The molecule has 1 rings (SSSR count). The SMILES string of the molecule is CC.CC/C(C)=C/C=C1/N=CN=C(C)N1C(C)=O. The second kappa shape index (κ2) is 8.39. The van der Waals surface area contributed by atoms with Crippen LogP contribution < -0.4 is 0 Å². The van der Waals surface area contributed by atoms with Gasteiger partial charge in [0.15, 0.2) is 0 Å². The standard InChI is InChI=1S/C12H17N3O.C2H6/c1-5-9(2)6-7-12-14-8-13-10(3)15(12)11(4)16;1-2/h6-8H,5H2,1-4H3;1-2H3/b9-6+,12-7-;. The van der Waals surface area contributed by atoms with Gasteiger partial charge in [0.2, 0.25) is 5.91 Å². The molecule has 4 nitrogen and oxygen atoms in total. The van der Waals surface area contributed by atoms with Crippen LogP contribution >= 0.6 is 0 Å². The first-order valence-electron chi connectivity index (χ1n) is 6.31. The zero-order chi connectivity index (χ0) is 14.1. The number of amides is 1. The Kier molecular flexibility index (Phi) is 7.59. The van der Waals surface area contributed by atoms with Gasteiger partial charge in [-0.25, -0.2) is 9.98 Å². The monoisotopic (exact) mass is 249 g/mol. The molecule has 0 aliphatic carbocycles. The van der Waals surface area contributed by atoms with Gasteiger partial charge < -0.3 is 0 Å². The van der Waals surface area contributed by atoms with Gasteiger partial charge in [0, 0.05) is 6.92 Å². The summed E-state index contributed by atoms with van der Waals surface area (Å²) in [5, 5.41) is 0. The molecule has 1 heterocycles. The lowest BCUT2D eigenvalue weighted by molar-refractivity contribution is -0.123. The maximum absolute atomic E-state index is 11.4. The van der Waals surface area contributed by atoms with Gasteiger partial charge in [-0.3, -0.25) is 9.69 Å². The molecule has 0 aromatic heterocycles. The maximum Gasteiger partial charge on any atom is 0.230 e. The molecule has 0 fully saturated rings. The molecule has 100 valence electrons. The highest BCUT2D eigenvalue weighted by molar-refractivity contribution is 6.02. The topological polar surface area (TPSA) is 45.0 Å². The maximum atomic E-state index is 11.4. The van der Waals surface area contributed by atoms with Crippen molar-refractivity contribution in [1.82, 2.24) is 4.90 Å². The van der Waals surface area contributed by atoms with Crippen LogP contribution in [0.1, 0.15) is 48.0 Å². The van der Waals surface area contributed by atoms with Crippen LogP contribution in [0, 0.1) is 0 Å². The zero-order valence-electron chi connectivity index (χ0n) is 12.2. The zero-order valence-corrected chi connectivity index (χ0v) is 12.2. The molecule has 0 spiro atoms. The van der Waals surface area contributed by atoms with Gasteiger partial charge in [0.05, 0.1) is 0 Å². The molecule has 0 saturated heterocycles. The lowest BCUT2D eigenvalue weighted by atomic mass is 10.2. The summed E-state index contributed by atoms with van der Waals surface area (Å²) in [5.41, 5.74) is 1.24. The van der Waals surface area contributed by atoms with E-state index in [4.69, 9.17) is 0 Å². The summed E-state index contributed by atoms with van der Waals surface area (Å²) in [6.45, 7) is 11.4. The molecule has 18 heavy (non-hydrogen) atoms. The third-order valence-corrected chi connectivity index (χ3v) is 2.38. The van der Waals surface area contributed by atoms with Gasteiger partial charge in [0.25, 0.3) is 0 Å². The number of aliphatic imine (C=N–C) groups is 2. The van der Waals surface area contributed by atoms with Gasteiger partial charge in [0.1, 0.15) is 18.0 Å². The number of carbonyl (C=O) groups is 1. The smallest absolute Gasteiger partial charge is 0.230 e. The number of carbonyl (C=O) groups excluding carboxylic acids is 1. The predicted octanol–water partition coefficient (Wildman–Crippen LogP) is 3.52. The first kappa shape index (κ1) is 16.3. The fourth-order valence-electron chi connectivity index (χ4n) is 1.29. The Balaban J connectivity index is 0.00000137. The van der Waals surface area contributed by atoms with Crippen molar-refractivity contribution in [2.45, 2.75) is 48.0 Å². The molecule has 0 aromatic rings. The lowest BCUT2D eigenvalue weighted by Gasteiger charge is -2.22. The second-order valence-corrected chi connectivity index (χ2v) is 3.67. The number of allylic oxidation sites excluding steroid dienone is 3. The van der Waals surface area contributed by atoms with Gasteiger partial charge in [-0.2, -0.15) is 0 Å². The summed E-state index contributed by atoms with van der Waals surface area (Å²) in [6.07, 6.45) is 6.27. The summed E-state index contributed by atoms with van der Waals surface area (Å²) >= 11 is 0. The molecule has 0 bridgehead atoms. The van der Waals surface area contributed by atoms with Crippen LogP contribution in [0.2, 0.25) is 0 Å². The molecule has 0 radical (unpaired) electrons. The number of nitrogens with zero attached hydrogens (tertiary/aromatic N) is 3. The van der Waals surface area contributed by atoms with E-state index < -0.39 is 0 Å². The Labute approximate surface area is 110 Å². The minimum atomic E-state index is -0.0769. The Bertz CT molecular complexity index is 403. The van der Waals surface area contributed by atoms with E-state index in [1.165, 1.54) is 23.7 Å². The summed E-state index contributed by atoms with van der Waals surface area (Å²) in [7, 11) is 0. The van der Waals surface area contributed by atoms with E-state index in [0.717, 1.165) is 6.42 Å². The summed E-state index contributed by atoms with van der Waals surface area (Å²) in [5.74, 6) is 1.19. The normalized spacial score (nSPS) is 17.2. The van der Waals surface area contributed by atoms with Gasteiger partial charge in [-0.05, 0) is 26.3 Å². The molecule has 4 heteroatoms. The van der Waals surface area contributed by atoms with Gasteiger partial charge in [-0.1, -0.05) is 32.4 Å². The van der Waals surface area contributed by atoms with Crippen LogP contribution in [0.4, 0.5) is 0 Å². The summed E-state index contributed by atoms with van der Waals surface area (Å²) < 4.78 is 0. The highest BCUT2D eigenvalue weighted by Gasteiger charge is 2.18. The second-order valence-electron chi connectivity index (χ2n) is 3.67. The van der Waals surface area contributed by atoms with Crippen molar-refractivity contribution in [3.8, 4) is 0 Å². The first-order chi connectivity index (χ1) is 8.56. The Morgan fingerprint density at radius 1 is 1.39 bits per heavy atom. The van der Waals surface area contributed by atoms with Crippen molar-refractivity contribution in [1.29, 1.82) is 0 Å². The van der Waals surface area contributed by atoms with Crippen molar-refractivity contribution in [2.75, 3.05) is 0 Å². The molecular formula is C14H23N3O. The highest BCUT2D eigenvalue weighted by Crippen LogP contribution is 2.12. The van der Waals surface area contributed by atoms with Crippen molar-refractivity contribution in [3.63, 3.8) is 0 Å². The van der Waals surface area contributed by atoms with E-state index in [9.17, 15) is 4.79 Å². The molecule has 0 atom stereocenters. The van der Waals surface area contributed by atoms with Crippen LogP contribution in [0.25, 0.3) is 0 Å². The number of amidine groups is 1. The minimum absolute atomic E-state index is 0.0769. The van der Waals surface area contributed by atoms with Gasteiger partial charge in [-0.15, -0.1) is 0 Å². The quantitative estimate of drug-likeness (QED) is 0.738. The lowest BCUT2D eigenvalue weighted by Crippen LogP contribution is -2.33. The highest BCUT2D eigenvalue weighted by atomic mass is 16.2. The van der Waals surface area contributed by atoms with Crippen LogP contribution in [-0.2, 0) is 4.79 Å². The number of rotatable bonds is 2. The third kappa shape index (κ3) is 4.65. The van der Waals surface area contributed by atoms with E-state index >= 15 is 0 Å². The van der Waals surface area contributed by atoms with E-state index in [0.29, 0.717) is 11.7 Å². The largest absolute Gasteiger partial charge is 0.274 e. The van der Waals surface area contributed by atoms with E-state index in [1.54, 1.807) is 6.92 Å². The van der Waals surface area contributed by atoms with Crippen molar-refractivity contribution >= 4 is 18.1 Å². The predicted molar refractivity (Wildman–Crippen MR) is 77.6 cm³/mol. The van der Waals surface area contributed by atoms with Gasteiger partial charge >= 0.3 is 0 Å². The molecule has 1 amide bonds. The Morgan fingerprint density at radius 3 is 2.50 bits per heavy atom. The fourth-order valence-corrected chi connectivity index (χ4v) is 1.29. The first-order valence-corrected chi connectivity index (χ1v) is 6.31. The minimum Gasteiger partial charge on any atom is -0.274 e. The summed E-state index contributed by atoms with van der Waals surface area (Å²) in [4.78, 5) is 21.0. The number of hydrogen-bond donors (Lipinski definition) is 0. The molecule has 1 aliphatic heterocycles. The molecule has 0 N–H and O–H groups in total. The fraction of sp³-hybridized carbons (Fsp3) is 0.500. The Morgan fingerprint density at radius 2 is 2.00 bits per heavy atom. The van der Waals surface area contributed by atoms with Crippen LogP contribution in [0.15, 0.2) is 33.5 Å². The molecular weight excluding hydrogens is 226 g/mol. The van der Waals surface area contributed by atoms with Crippen molar-refractivity contribution in [3.05, 3.63) is 23.5 Å². The average Bonchev–Trinajstić information content (AvgIpc) is 2.37. The van der Waals surface area contributed by atoms with E-state index in [-0.39, 0.29) is 5.91 Å². The van der Waals surface area contributed by atoms with E-state index in [2.05, 4.69) is 16.9 Å². The van der Waals surface area contributed by atoms with E-state index in [1.807, 2.05) is 32.9 Å². The number of hydrogen-bond acceptors (Lipinski definition) is 3. The van der Waals surface area contributed by atoms with Crippen molar-refractivity contribution in [2.24, 2.45) is 9.98 Å². The van der Waals surface area contributed by atoms with Crippen LogP contribution in [0.3, 0.4) is 0 Å². The average molecular weight is 249 g/mol. The van der Waals surface area contributed by atoms with Crippen LogP contribution in [0.5, 0.6) is 0 Å². The molecule has 0 aromatic carbocycles. The molecule has 0 unspecified atom stereocenters. The molecule has 1 aliphatic rings. The van der Waals surface area contributed by atoms with Crippen LogP contribution in [-0.4, -0.2) is 23.0 Å². The third-order valence-electron chi connectivity index (χ3n) is 2.38. The van der Waals surface area contributed by atoms with Crippen molar-refractivity contribution < 1.29 is 4.79 Å². The Hall–Kier alpha value is -1.71.